The number of likely N-dealkylation sites (N-methyl/N-ethyl adjacent to an activating group) is 1. The van der Waals surface area contributed by atoms with E-state index in [2.05, 4.69) is 6.58 Å². The number of benzene rings is 2. The second kappa shape index (κ2) is 9.29. The normalized spacial score (nSPS) is 33.3. The quantitative estimate of drug-likeness (QED) is 0.403. The lowest BCUT2D eigenvalue weighted by atomic mass is 9.49. The van der Waals surface area contributed by atoms with Crippen molar-refractivity contribution in [2.75, 3.05) is 14.1 Å². The average Bonchev–Trinajstić information content (AvgIpc) is 2.90. The van der Waals surface area contributed by atoms with Gasteiger partial charge in [0.25, 0.3) is 0 Å². The Morgan fingerprint density at radius 2 is 1.68 bits per heavy atom. The Labute approximate surface area is 230 Å². The van der Waals surface area contributed by atoms with Gasteiger partial charge in [-0.3, -0.25) is 28.9 Å². The van der Waals surface area contributed by atoms with Crippen LogP contribution in [0.5, 0.6) is 5.75 Å². The summed E-state index contributed by atoms with van der Waals surface area (Å²) >= 11 is 0. The van der Waals surface area contributed by atoms with Crippen LogP contribution in [0.15, 0.2) is 43.0 Å². The number of Topliss-reactive ketones (excluding diaryl/α,β-unsaturated/α-hetero) is 4. The van der Waals surface area contributed by atoms with Crippen molar-refractivity contribution >= 4 is 35.1 Å². The molecule has 0 aromatic heterocycles. The summed E-state index contributed by atoms with van der Waals surface area (Å²) < 4.78 is 0. The minimum atomic E-state index is -3.02. The van der Waals surface area contributed by atoms with Gasteiger partial charge in [-0.25, -0.2) is 0 Å². The first-order valence-corrected chi connectivity index (χ1v) is 12.9. The molecule has 3 aliphatic carbocycles. The van der Waals surface area contributed by atoms with E-state index in [1.807, 2.05) is 0 Å². The highest BCUT2D eigenvalue weighted by atomic mass is 16.3. The molecule has 10 heteroatoms. The molecule has 10 nitrogen and oxygen atoms in total. The van der Waals surface area contributed by atoms with Gasteiger partial charge in [0.1, 0.15) is 5.75 Å². The van der Waals surface area contributed by atoms with Crippen LogP contribution in [0.25, 0.3) is 17.2 Å². The highest BCUT2D eigenvalue weighted by Gasteiger charge is 2.72. The first-order valence-electron chi connectivity index (χ1n) is 12.9. The zero-order valence-electron chi connectivity index (χ0n) is 22.2. The molecular weight excluding hydrogens is 516 g/mol. The lowest BCUT2D eigenvalue weighted by Gasteiger charge is -2.56. The fourth-order valence-corrected chi connectivity index (χ4v) is 7.02. The van der Waals surface area contributed by atoms with Crippen molar-refractivity contribution in [3.05, 3.63) is 59.7 Å². The summed E-state index contributed by atoms with van der Waals surface area (Å²) in [4.78, 5) is 68.1. The van der Waals surface area contributed by atoms with E-state index < -0.39 is 76.4 Å². The number of aromatic hydroxyl groups is 1. The summed E-state index contributed by atoms with van der Waals surface area (Å²) in [5.74, 6) is -13.4. The number of hydrogen-bond acceptors (Lipinski definition) is 9. The number of hydrogen-bond donors (Lipinski definition) is 4. The monoisotopic (exact) mass is 546 g/mol. The Morgan fingerprint density at radius 3 is 2.23 bits per heavy atom. The molecule has 0 bridgehead atoms. The van der Waals surface area contributed by atoms with Crippen LogP contribution in [0, 0.1) is 23.7 Å². The number of carbonyl (C=O) groups excluding carboxylic acids is 5. The number of ketones is 4. The maximum absolute atomic E-state index is 14.0. The predicted octanol–water partition coefficient (Wildman–Crippen LogP) is 0.709. The van der Waals surface area contributed by atoms with E-state index in [1.54, 1.807) is 49.4 Å². The molecular formula is C30H30N2O8. The van der Waals surface area contributed by atoms with Gasteiger partial charge >= 0.3 is 0 Å². The van der Waals surface area contributed by atoms with E-state index in [4.69, 9.17) is 5.73 Å². The molecule has 0 saturated heterocycles. The van der Waals surface area contributed by atoms with Crippen molar-refractivity contribution in [3.63, 3.8) is 0 Å². The number of primary amides is 1. The summed E-state index contributed by atoms with van der Waals surface area (Å²) in [5, 5.41) is 34.7. The van der Waals surface area contributed by atoms with Crippen molar-refractivity contribution in [2.45, 2.75) is 30.6 Å². The van der Waals surface area contributed by atoms with E-state index >= 15 is 0 Å². The fraction of sp³-hybridized carbons (Fsp3) is 0.367. The number of fused-ring (bicyclic) bond motifs is 3. The highest BCUT2D eigenvalue weighted by molar-refractivity contribution is 6.32. The van der Waals surface area contributed by atoms with Gasteiger partial charge in [0, 0.05) is 11.5 Å². The second-order valence-electron chi connectivity index (χ2n) is 11.1. The maximum Gasteiger partial charge on any atom is 0.235 e. The minimum Gasteiger partial charge on any atom is -0.507 e. The van der Waals surface area contributed by atoms with Gasteiger partial charge in [-0.15, -0.1) is 0 Å². The lowest BCUT2D eigenvalue weighted by Crippen LogP contribution is -2.77. The second-order valence-corrected chi connectivity index (χ2v) is 11.1. The van der Waals surface area contributed by atoms with Crippen LogP contribution in [0.3, 0.4) is 0 Å². The van der Waals surface area contributed by atoms with E-state index in [1.165, 1.54) is 19.0 Å². The molecule has 0 radical (unpaired) electrons. The number of carbonyl (C=O) groups is 5. The van der Waals surface area contributed by atoms with E-state index in [0.29, 0.717) is 16.7 Å². The number of nitrogens with two attached hydrogens (primary N) is 1. The van der Waals surface area contributed by atoms with E-state index in [0.717, 1.165) is 5.56 Å². The van der Waals surface area contributed by atoms with Crippen molar-refractivity contribution < 1.29 is 39.3 Å². The van der Waals surface area contributed by atoms with E-state index in [9.17, 15) is 39.3 Å². The smallest absolute Gasteiger partial charge is 0.235 e. The van der Waals surface area contributed by atoms with Crippen molar-refractivity contribution in [2.24, 2.45) is 29.4 Å². The van der Waals surface area contributed by atoms with Crippen molar-refractivity contribution in [1.82, 2.24) is 4.90 Å². The Hall–Kier alpha value is -3.99. The Balaban J connectivity index is 1.68. The Morgan fingerprint density at radius 1 is 1.05 bits per heavy atom. The number of phenols is 1. The standard InChI is InChI=1S/C30H30N2O8/c1-5-13-6-8-14(9-7-13)16-11-10-15-12(2)17-19(24(34)18(15)23(16)33)27(37)30(40)21(25(17)35)22(32(3)4)26(36)20(28(30)38)29(31)39/h5-12,17,19-22,25,33,35,40H,1H2,2-4H3,(H2,31,39)/t12-,17+,19?,20?,21+,22-,25-,30-/m1/s1. The molecule has 2 aromatic rings. The molecule has 5 N–H and O–H groups in total. The van der Waals surface area contributed by atoms with Crippen LogP contribution in [-0.4, -0.2) is 81.1 Å². The van der Waals surface area contributed by atoms with Crippen LogP contribution in [-0.2, 0) is 19.2 Å². The van der Waals surface area contributed by atoms with Crippen LogP contribution < -0.4 is 5.73 Å². The first kappa shape index (κ1) is 27.6. The minimum absolute atomic E-state index is 0.142. The van der Waals surface area contributed by atoms with Crippen LogP contribution in [0.2, 0.25) is 0 Å². The fourth-order valence-electron chi connectivity index (χ4n) is 7.02. The van der Waals surface area contributed by atoms with Gasteiger partial charge in [0.2, 0.25) is 5.91 Å². The number of nitrogens with zero attached hydrogens (tertiary/aromatic N) is 1. The molecule has 40 heavy (non-hydrogen) atoms. The maximum atomic E-state index is 14.0. The zero-order valence-corrected chi connectivity index (χ0v) is 22.2. The van der Waals surface area contributed by atoms with Gasteiger partial charge in [-0.2, -0.15) is 0 Å². The number of aliphatic hydroxyl groups is 2. The zero-order chi connectivity index (χ0) is 29.4. The lowest BCUT2D eigenvalue weighted by molar-refractivity contribution is -0.196. The SMILES string of the molecule is C=Cc1ccc(-c2ccc3c(c2O)C(=O)C2C(=O)[C@@]4(O)C(=O)C(C(N)=O)C(=O)[C@H](N(C)C)[C@H]4[C@H](O)[C@H]2[C@@H]3C)cc1. The summed E-state index contributed by atoms with van der Waals surface area (Å²) in [7, 11) is 2.90. The summed E-state index contributed by atoms with van der Waals surface area (Å²) in [6.07, 6.45) is -0.00829. The summed E-state index contributed by atoms with van der Waals surface area (Å²) in [6, 6.07) is 8.93. The molecule has 2 unspecified atom stereocenters. The molecule has 208 valence electrons. The van der Waals surface area contributed by atoms with Crippen molar-refractivity contribution in [1.29, 1.82) is 0 Å². The third-order valence-corrected chi connectivity index (χ3v) is 8.95. The molecule has 2 saturated carbocycles. The predicted molar refractivity (Wildman–Crippen MR) is 143 cm³/mol. The van der Waals surface area contributed by atoms with Gasteiger partial charge in [-0.05, 0) is 36.7 Å². The summed E-state index contributed by atoms with van der Waals surface area (Å²) in [5.41, 5.74) is 4.33. The molecule has 2 fully saturated rings. The van der Waals surface area contributed by atoms with Crippen LogP contribution in [0.1, 0.15) is 34.3 Å². The number of aliphatic hydroxyl groups excluding tert-OH is 1. The van der Waals surface area contributed by atoms with Crippen LogP contribution in [0.4, 0.5) is 0 Å². The number of rotatable bonds is 4. The highest BCUT2D eigenvalue weighted by Crippen LogP contribution is 2.55. The average molecular weight is 547 g/mol. The third-order valence-electron chi connectivity index (χ3n) is 8.95. The van der Waals surface area contributed by atoms with Gasteiger partial charge in [-0.1, -0.05) is 56.0 Å². The topological polar surface area (TPSA) is 175 Å². The molecule has 0 aliphatic heterocycles. The number of amides is 1. The molecule has 0 spiro atoms. The Kier molecular flexibility index (Phi) is 6.41. The molecule has 8 atom stereocenters. The molecule has 2 aromatic carbocycles. The van der Waals surface area contributed by atoms with E-state index in [-0.39, 0.29) is 11.3 Å². The molecule has 1 amide bonds. The van der Waals surface area contributed by atoms with Crippen molar-refractivity contribution in [3.8, 4) is 16.9 Å². The largest absolute Gasteiger partial charge is 0.507 e. The molecule has 3 aliphatic rings. The number of phenolic OH excluding ortho intramolecular Hbond substituents is 1. The van der Waals surface area contributed by atoms with Gasteiger partial charge in [0.05, 0.1) is 29.5 Å². The Bertz CT molecular complexity index is 1500. The van der Waals surface area contributed by atoms with Gasteiger partial charge in [0.15, 0.2) is 34.7 Å². The summed E-state index contributed by atoms with van der Waals surface area (Å²) in [6.45, 7) is 5.38. The first-order chi connectivity index (χ1) is 18.8. The third kappa shape index (κ3) is 3.49. The van der Waals surface area contributed by atoms with Crippen LogP contribution >= 0.6 is 0 Å². The van der Waals surface area contributed by atoms with Gasteiger partial charge < -0.3 is 21.1 Å². The molecule has 5 rings (SSSR count). The molecule has 0 heterocycles.